The number of nitrogens with zero attached hydrogens (tertiary/aromatic N) is 3. The van der Waals surface area contributed by atoms with Crippen molar-refractivity contribution in [1.82, 2.24) is 0 Å². The van der Waals surface area contributed by atoms with Crippen molar-refractivity contribution in [3.05, 3.63) is 67.8 Å². The maximum atomic E-state index is 12.8. The molecule has 1 amide bonds. The third-order valence-corrected chi connectivity index (χ3v) is 4.99. The Labute approximate surface area is 189 Å². The van der Waals surface area contributed by atoms with Gasteiger partial charge >= 0.3 is 12.1 Å². The van der Waals surface area contributed by atoms with Crippen LogP contribution in [-0.4, -0.2) is 41.4 Å². The van der Waals surface area contributed by atoms with Gasteiger partial charge in [0, 0.05) is 31.3 Å². The third-order valence-electron chi connectivity index (χ3n) is 4.99. The summed E-state index contributed by atoms with van der Waals surface area (Å²) in [6, 6.07) is 5.21. The van der Waals surface area contributed by atoms with Crippen molar-refractivity contribution in [3.63, 3.8) is 0 Å². The predicted octanol–water partition coefficient (Wildman–Crippen LogP) is 3.92. The van der Waals surface area contributed by atoms with Crippen molar-refractivity contribution in [2.45, 2.75) is 19.0 Å². The standard InChI is InChI=1S/C20H17F3N4O7/c21-20(22,23)12-3-5-15(17(9-12)27(32)33)24-18(28)11-34-19(29)14-10-13(26(30)31)4-6-16(14)25-7-1-2-8-25/h3-6,9-10H,1-2,7-8,11H2,(H,24,28). The van der Waals surface area contributed by atoms with Gasteiger partial charge in [-0.05, 0) is 31.0 Å². The van der Waals surface area contributed by atoms with E-state index in [9.17, 15) is 43.0 Å². The Balaban J connectivity index is 1.74. The molecule has 11 nitrogen and oxygen atoms in total. The molecule has 0 bridgehead atoms. The molecule has 0 aromatic heterocycles. The molecule has 1 N–H and O–H groups in total. The molecule has 2 aromatic rings. The van der Waals surface area contributed by atoms with Gasteiger partial charge in [0.15, 0.2) is 6.61 Å². The van der Waals surface area contributed by atoms with Crippen LogP contribution in [-0.2, 0) is 15.7 Å². The summed E-state index contributed by atoms with van der Waals surface area (Å²) in [5.41, 5.74) is -2.89. The van der Waals surface area contributed by atoms with Crippen LogP contribution in [0.2, 0.25) is 0 Å². The summed E-state index contributed by atoms with van der Waals surface area (Å²) in [4.78, 5) is 47.0. The lowest BCUT2D eigenvalue weighted by atomic mass is 10.1. The number of nitro groups is 2. The minimum absolute atomic E-state index is 0.135. The Bertz CT molecular complexity index is 1150. The number of carbonyl (C=O) groups is 2. The third kappa shape index (κ3) is 5.57. The van der Waals surface area contributed by atoms with E-state index in [1.807, 2.05) is 10.2 Å². The summed E-state index contributed by atoms with van der Waals surface area (Å²) in [5, 5.41) is 24.3. The number of amides is 1. The second-order valence-electron chi connectivity index (χ2n) is 7.26. The highest BCUT2D eigenvalue weighted by atomic mass is 19.4. The van der Waals surface area contributed by atoms with E-state index in [-0.39, 0.29) is 17.3 Å². The largest absolute Gasteiger partial charge is 0.452 e. The summed E-state index contributed by atoms with van der Waals surface area (Å²) < 4.78 is 43.3. The number of alkyl halides is 3. The molecule has 0 aliphatic carbocycles. The molecule has 1 heterocycles. The average molecular weight is 482 g/mol. The van der Waals surface area contributed by atoms with E-state index in [2.05, 4.69) is 0 Å². The van der Waals surface area contributed by atoms with Crippen LogP contribution in [0.5, 0.6) is 0 Å². The van der Waals surface area contributed by atoms with Gasteiger partial charge in [0.25, 0.3) is 17.3 Å². The number of benzene rings is 2. The summed E-state index contributed by atoms with van der Waals surface area (Å²) in [5.74, 6) is -2.09. The molecule has 1 saturated heterocycles. The normalized spacial score (nSPS) is 13.4. The molecule has 1 fully saturated rings. The van der Waals surface area contributed by atoms with Crippen molar-refractivity contribution in [2.75, 3.05) is 29.9 Å². The lowest BCUT2D eigenvalue weighted by Crippen LogP contribution is -2.24. The summed E-state index contributed by atoms with van der Waals surface area (Å²) in [7, 11) is 0. The van der Waals surface area contributed by atoms with Crippen LogP contribution in [0, 0.1) is 20.2 Å². The van der Waals surface area contributed by atoms with Gasteiger partial charge < -0.3 is 15.0 Å². The number of carbonyl (C=O) groups excluding carboxylic acids is 2. The number of nitro benzene ring substituents is 2. The van der Waals surface area contributed by atoms with Crippen molar-refractivity contribution in [3.8, 4) is 0 Å². The highest BCUT2D eigenvalue weighted by molar-refractivity contribution is 6.00. The number of non-ortho nitro benzene ring substituents is 1. The zero-order valence-electron chi connectivity index (χ0n) is 17.3. The van der Waals surface area contributed by atoms with Crippen LogP contribution in [0.15, 0.2) is 36.4 Å². The van der Waals surface area contributed by atoms with E-state index in [4.69, 9.17) is 4.74 Å². The molecule has 0 radical (unpaired) electrons. The van der Waals surface area contributed by atoms with Gasteiger partial charge in [-0.15, -0.1) is 0 Å². The fourth-order valence-electron chi connectivity index (χ4n) is 3.39. The van der Waals surface area contributed by atoms with E-state index in [1.165, 1.54) is 12.1 Å². The Morgan fingerprint density at radius 1 is 1.03 bits per heavy atom. The lowest BCUT2D eigenvalue weighted by Gasteiger charge is -2.20. The van der Waals surface area contributed by atoms with Crippen molar-refractivity contribution in [2.24, 2.45) is 0 Å². The summed E-state index contributed by atoms with van der Waals surface area (Å²) >= 11 is 0. The molecule has 2 aromatic carbocycles. The quantitative estimate of drug-likeness (QED) is 0.355. The molecular formula is C20H17F3N4O7. The van der Waals surface area contributed by atoms with Crippen LogP contribution in [0.3, 0.4) is 0 Å². The minimum Gasteiger partial charge on any atom is -0.452 e. The molecule has 180 valence electrons. The Hall–Kier alpha value is -4.23. The Kier molecular flexibility index (Phi) is 6.98. The Morgan fingerprint density at radius 2 is 1.71 bits per heavy atom. The van der Waals surface area contributed by atoms with Gasteiger partial charge in [0.05, 0.1) is 26.7 Å². The van der Waals surface area contributed by atoms with Gasteiger partial charge in [-0.1, -0.05) is 0 Å². The van der Waals surface area contributed by atoms with Gasteiger partial charge in [0.2, 0.25) is 0 Å². The van der Waals surface area contributed by atoms with E-state index in [1.54, 1.807) is 0 Å². The van der Waals surface area contributed by atoms with E-state index >= 15 is 0 Å². The van der Waals surface area contributed by atoms with Crippen molar-refractivity contribution in [1.29, 1.82) is 0 Å². The van der Waals surface area contributed by atoms with Gasteiger partial charge in [0.1, 0.15) is 5.69 Å². The maximum absolute atomic E-state index is 12.8. The molecule has 0 atom stereocenters. The highest BCUT2D eigenvalue weighted by Crippen LogP contribution is 2.35. The number of anilines is 2. The fraction of sp³-hybridized carbons (Fsp3) is 0.300. The van der Waals surface area contributed by atoms with Gasteiger partial charge in [-0.3, -0.25) is 25.0 Å². The first-order valence-electron chi connectivity index (χ1n) is 9.83. The van der Waals surface area contributed by atoms with E-state index in [0.29, 0.717) is 30.9 Å². The van der Waals surface area contributed by atoms with Crippen LogP contribution in [0.1, 0.15) is 28.8 Å². The summed E-state index contributed by atoms with van der Waals surface area (Å²) in [6.45, 7) is 0.311. The first-order valence-corrected chi connectivity index (χ1v) is 9.83. The van der Waals surface area contributed by atoms with Crippen LogP contribution < -0.4 is 10.2 Å². The van der Waals surface area contributed by atoms with Gasteiger partial charge in [-0.25, -0.2) is 4.79 Å². The van der Waals surface area contributed by atoms with Crippen LogP contribution in [0.4, 0.5) is 35.9 Å². The molecule has 0 unspecified atom stereocenters. The number of hydrogen-bond donors (Lipinski definition) is 1. The maximum Gasteiger partial charge on any atom is 0.416 e. The lowest BCUT2D eigenvalue weighted by molar-refractivity contribution is -0.384. The monoisotopic (exact) mass is 482 g/mol. The minimum atomic E-state index is -4.83. The topological polar surface area (TPSA) is 145 Å². The average Bonchev–Trinajstić information content (AvgIpc) is 3.31. The second kappa shape index (κ2) is 9.72. The zero-order valence-corrected chi connectivity index (χ0v) is 17.3. The zero-order chi connectivity index (χ0) is 25.0. The first kappa shape index (κ1) is 24.4. The molecule has 1 aliphatic heterocycles. The number of halogens is 3. The second-order valence-corrected chi connectivity index (χ2v) is 7.26. The van der Waals surface area contributed by atoms with Crippen LogP contribution in [0.25, 0.3) is 0 Å². The molecule has 0 spiro atoms. The molecular weight excluding hydrogens is 465 g/mol. The number of nitrogens with one attached hydrogen (secondary N) is 1. The van der Waals surface area contributed by atoms with Crippen molar-refractivity contribution >= 4 is 34.6 Å². The summed E-state index contributed by atoms with van der Waals surface area (Å²) in [6.07, 6.45) is -3.10. The van der Waals surface area contributed by atoms with E-state index in [0.717, 1.165) is 18.9 Å². The predicted molar refractivity (Wildman–Crippen MR) is 112 cm³/mol. The smallest absolute Gasteiger partial charge is 0.416 e. The van der Waals surface area contributed by atoms with Crippen LogP contribution >= 0.6 is 0 Å². The fourth-order valence-corrected chi connectivity index (χ4v) is 3.39. The van der Waals surface area contributed by atoms with Gasteiger partial charge in [-0.2, -0.15) is 13.2 Å². The Morgan fingerprint density at radius 3 is 2.29 bits per heavy atom. The number of hydrogen-bond acceptors (Lipinski definition) is 8. The molecule has 3 rings (SSSR count). The number of ether oxygens (including phenoxy) is 1. The number of rotatable bonds is 7. The molecule has 34 heavy (non-hydrogen) atoms. The molecule has 1 aliphatic rings. The number of esters is 1. The molecule has 0 saturated carbocycles. The molecule has 14 heteroatoms. The van der Waals surface area contributed by atoms with E-state index < -0.39 is 51.4 Å². The first-order chi connectivity index (χ1) is 16.0. The SMILES string of the molecule is O=C(COC(=O)c1cc([N+](=O)[O-])ccc1N1CCCC1)Nc1ccc(C(F)(F)F)cc1[N+](=O)[O-]. The highest BCUT2D eigenvalue weighted by Gasteiger charge is 2.33. The van der Waals surface area contributed by atoms with Crippen molar-refractivity contribution < 1.29 is 37.3 Å².